The number of aryl methyl sites for hydroxylation is 2. The van der Waals surface area contributed by atoms with Crippen LogP contribution in [0.2, 0.25) is 0 Å². The highest BCUT2D eigenvalue weighted by molar-refractivity contribution is 7.89. The van der Waals surface area contributed by atoms with Gasteiger partial charge >= 0.3 is 0 Å². The fourth-order valence-electron chi connectivity index (χ4n) is 3.53. The zero-order chi connectivity index (χ0) is 18.3. The maximum Gasteiger partial charge on any atom is 0.244 e. The van der Waals surface area contributed by atoms with Crippen molar-refractivity contribution < 1.29 is 13.2 Å². The molecular formula is C18H20N4O3S. The van der Waals surface area contributed by atoms with E-state index in [4.69, 9.17) is 4.74 Å². The maximum absolute atomic E-state index is 12.9. The van der Waals surface area contributed by atoms with E-state index in [0.717, 1.165) is 35.0 Å². The van der Waals surface area contributed by atoms with E-state index in [1.54, 1.807) is 24.4 Å². The summed E-state index contributed by atoms with van der Waals surface area (Å²) in [5.41, 5.74) is 3.98. The van der Waals surface area contributed by atoms with Gasteiger partial charge in [0.15, 0.2) is 5.65 Å². The second kappa shape index (κ2) is 6.37. The molecule has 7 nitrogen and oxygen atoms in total. The molecular weight excluding hydrogens is 352 g/mol. The topological polar surface area (TPSA) is 97.0 Å². The summed E-state index contributed by atoms with van der Waals surface area (Å²) in [5.74, 6) is 0.357. The normalized spacial score (nSPS) is 17.2. The van der Waals surface area contributed by atoms with Crippen molar-refractivity contribution >= 4 is 21.1 Å². The summed E-state index contributed by atoms with van der Waals surface area (Å²) in [7, 11) is -2.19. The average molecular weight is 372 g/mol. The first-order chi connectivity index (χ1) is 12.5. The fourth-order valence-corrected chi connectivity index (χ4v) is 4.95. The predicted octanol–water partition coefficient (Wildman–Crippen LogP) is 2.11. The van der Waals surface area contributed by atoms with Crippen molar-refractivity contribution in [2.75, 3.05) is 7.11 Å². The molecule has 0 spiro atoms. The van der Waals surface area contributed by atoms with Gasteiger partial charge in [-0.05, 0) is 55.0 Å². The fraction of sp³-hybridized carbons (Fsp3) is 0.333. The first kappa shape index (κ1) is 17.0. The Hall–Kier alpha value is -2.45. The second-order valence-electron chi connectivity index (χ2n) is 6.61. The lowest BCUT2D eigenvalue weighted by molar-refractivity contribution is 0.401. The van der Waals surface area contributed by atoms with Crippen molar-refractivity contribution in [1.29, 1.82) is 0 Å². The molecule has 2 aromatic heterocycles. The summed E-state index contributed by atoms with van der Waals surface area (Å²) in [6, 6.07) is 4.91. The van der Waals surface area contributed by atoms with Gasteiger partial charge in [0.2, 0.25) is 10.0 Å². The second-order valence-corrected chi connectivity index (χ2v) is 8.29. The minimum Gasteiger partial charge on any atom is -0.495 e. The molecule has 3 aromatic rings. The molecule has 136 valence electrons. The summed E-state index contributed by atoms with van der Waals surface area (Å²) in [5, 5.41) is 7.93. The summed E-state index contributed by atoms with van der Waals surface area (Å²) in [4.78, 5) is 4.53. The smallest absolute Gasteiger partial charge is 0.244 e. The number of rotatable bonds is 4. The molecule has 0 aliphatic heterocycles. The van der Waals surface area contributed by atoms with E-state index in [1.165, 1.54) is 12.7 Å². The van der Waals surface area contributed by atoms with Gasteiger partial charge in [0.1, 0.15) is 10.6 Å². The van der Waals surface area contributed by atoms with E-state index >= 15 is 0 Å². The number of fused-ring (bicyclic) bond motifs is 3. The predicted molar refractivity (Wildman–Crippen MR) is 97.8 cm³/mol. The third-order valence-corrected chi connectivity index (χ3v) is 6.38. The van der Waals surface area contributed by atoms with Crippen molar-refractivity contribution in [1.82, 2.24) is 19.9 Å². The zero-order valence-corrected chi connectivity index (χ0v) is 15.4. The molecule has 0 bridgehead atoms. The van der Waals surface area contributed by atoms with Gasteiger partial charge in [-0.25, -0.2) is 18.1 Å². The summed E-state index contributed by atoms with van der Waals surface area (Å²) in [6.45, 7) is 1.90. The molecule has 4 rings (SSSR count). The van der Waals surface area contributed by atoms with Gasteiger partial charge in [0.25, 0.3) is 0 Å². The van der Waals surface area contributed by atoms with Gasteiger partial charge in [-0.2, -0.15) is 5.10 Å². The van der Waals surface area contributed by atoms with Gasteiger partial charge < -0.3 is 4.74 Å². The van der Waals surface area contributed by atoms with E-state index in [0.29, 0.717) is 12.2 Å². The quantitative estimate of drug-likeness (QED) is 0.731. The molecule has 0 radical (unpaired) electrons. The van der Waals surface area contributed by atoms with Crippen LogP contribution in [0.15, 0.2) is 35.5 Å². The van der Waals surface area contributed by atoms with Crippen LogP contribution in [0.5, 0.6) is 5.75 Å². The number of pyridine rings is 1. The van der Waals surface area contributed by atoms with Crippen LogP contribution < -0.4 is 9.46 Å². The number of ether oxygens (including phenoxy) is 1. The monoisotopic (exact) mass is 372 g/mol. The molecule has 1 aliphatic carbocycles. The number of hydrogen-bond acceptors (Lipinski definition) is 5. The van der Waals surface area contributed by atoms with E-state index in [2.05, 4.69) is 19.9 Å². The molecule has 0 fully saturated rings. The van der Waals surface area contributed by atoms with Gasteiger partial charge in [-0.1, -0.05) is 6.07 Å². The molecule has 2 heterocycles. The molecule has 1 aliphatic rings. The number of hydrogen-bond donors (Lipinski definition) is 2. The molecule has 1 atom stereocenters. The highest BCUT2D eigenvalue weighted by atomic mass is 32.2. The Morgan fingerprint density at radius 1 is 1.31 bits per heavy atom. The standard InChI is InChI=1S/C18H20N4O3S/c1-11-3-6-17(16(7-11)25-2)26(23,24)22-13-4-5-14-12(8-13)9-19-18-15(14)10-20-21-18/h3,6-7,9-10,13,22H,4-5,8H2,1-2H3,(H,19,20,21). The number of sulfonamides is 1. The largest absolute Gasteiger partial charge is 0.495 e. The SMILES string of the molecule is COc1cc(C)ccc1S(=O)(=O)NC1CCc2c(cnc3[nH]ncc23)C1. The van der Waals surface area contributed by atoms with E-state index in [-0.39, 0.29) is 10.9 Å². The minimum absolute atomic E-state index is 0.166. The van der Waals surface area contributed by atoms with Crippen LogP contribution in [0.25, 0.3) is 11.0 Å². The number of methoxy groups -OCH3 is 1. The number of aromatic amines is 1. The zero-order valence-electron chi connectivity index (χ0n) is 14.6. The van der Waals surface area contributed by atoms with Crippen LogP contribution in [-0.2, 0) is 22.9 Å². The molecule has 8 heteroatoms. The molecule has 0 amide bonds. The van der Waals surface area contributed by atoms with Crippen molar-refractivity contribution in [2.24, 2.45) is 0 Å². The van der Waals surface area contributed by atoms with Crippen molar-refractivity contribution in [3.05, 3.63) is 47.3 Å². The number of nitrogens with one attached hydrogen (secondary N) is 2. The Morgan fingerprint density at radius 3 is 2.96 bits per heavy atom. The average Bonchev–Trinajstić information content (AvgIpc) is 3.09. The van der Waals surface area contributed by atoms with E-state index < -0.39 is 10.0 Å². The number of H-pyrrole nitrogens is 1. The van der Waals surface area contributed by atoms with Gasteiger partial charge in [-0.3, -0.25) is 5.10 Å². The van der Waals surface area contributed by atoms with Crippen LogP contribution in [0.4, 0.5) is 0 Å². The Labute approximate surface area is 151 Å². The molecule has 26 heavy (non-hydrogen) atoms. The van der Waals surface area contributed by atoms with Gasteiger partial charge in [0.05, 0.1) is 13.3 Å². The van der Waals surface area contributed by atoms with Crippen molar-refractivity contribution in [3.8, 4) is 5.75 Å². The Bertz CT molecular complexity index is 1080. The first-order valence-corrected chi connectivity index (χ1v) is 9.93. The third-order valence-electron chi connectivity index (χ3n) is 4.82. The maximum atomic E-state index is 12.9. The summed E-state index contributed by atoms with van der Waals surface area (Å²) in [6.07, 6.45) is 5.71. The first-order valence-electron chi connectivity index (χ1n) is 8.45. The molecule has 2 N–H and O–H groups in total. The highest BCUT2D eigenvalue weighted by Crippen LogP contribution is 2.29. The lowest BCUT2D eigenvalue weighted by Crippen LogP contribution is -2.39. The molecule has 1 unspecified atom stereocenters. The van der Waals surface area contributed by atoms with E-state index in [1.807, 2.05) is 13.1 Å². The van der Waals surface area contributed by atoms with Crippen LogP contribution in [0.1, 0.15) is 23.1 Å². The highest BCUT2D eigenvalue weighted by Gasteiger charge is 2.27. The Kier molecular flexibility index (Phi) is 4.16. The molecule has 0 saturated heterocycles. The van der Waals surface area contributed by atoms with Crippen LogP contribution >= 0.6 is 0 Å². The molecule has 1 aromatic carbocycles. The van der Waals surface area contributed by atoms with Crippen LogP contribution in [0.3, 0.4) is 0 Å². The van der Waals surface area contributed by atoms with Crippen LogP contribution in [0, 0.1) is 6.92 Å². The third kappa shape index (κ3) is 2.95. The summed E-state index contributed by atoms with van der Waals surface area (Å²) < 4.78 is 33.8. The minimum atomic E-state index is -3.67. The van der Waals surface area contributed by atoms with Crippen LogP contribution in [-0.4, -0.2) is 36.8 Å². The summed E-state index contributed by atoms with van der Waals surface area (Å²) >= 11 is 0. The Morgan fingerprint density at radius 2 is 2.15 bits per heavy atom. The van der Waals surface area contributed by atoms with Crippen molar-refractivity contribution in [3.63, 3.8) is 0 Å². The lowest BCUT2D eigenvalue weighted by atomic mass is 9.88. The van der Waals surface area contributed by atoms with Gasteiger partial charge in [-0.15, -0.1) is 0 Å². The van der Waals surface area contributed by atoms with Gasteiger partial charge in [0, 0.05) is 17.6 Å². The van der Waals surface area contributed by atoms with Crippen molar-refractivity contribution in [2.45, 2.75) is 37.1 Å². The lowest BCUT2D eigenvalue weighted by Gasteiger charge is -2.25. The molecule has 0 saturated carbocycles. The van der Waals surface area contributed by atoms with E-state index in [9.17, 15) is 8.42 Å². The number of nitrogens with zero attached hydrogens (tertiary/aromatic N) is 2. The number of benzene rings is 1. The Balaban J connectivity index is 1.60. The number of aromatic nitrogens is 3.